The molecule has 0 radical (unpaired) electrons. The Balaban J connectivity index is 1.53. The summed E-state index contributed by atoms with van der Waals surface area (Å²) in [7, 11) is 0. The Hall–Kier alpha value is -2.28. The summed E-state index contributed by atoms with van der Waals surface area (Å²) < 4.78 is 0. The van der Waals surface area contributed by atoms with Gasteiger partial charge in [0.2, 0.25) is 0 Å². The first-order valence-corrected chi connectivity index (χ1v) is 11.3. The Bertz CT molecular complexity index is 1150. The average Bonchev–Trinajstić information content (AvgIpc) is 3.47. The molecular weight excluding hydrogens is 386 g/mol. The van der Waals surface area contributed by atoms with Crippen molar-refractivity contribution in [1.29, 1.82) is 0 Å². The highest BCUT2D eigenvalue weighted by molar-refractivity contribution is 7.17. The molecule has 0 unspecified atom stereocenters. The maximum absolute atomic E-state index is 13.0. The van der Waals surface area contributed by atoms with E-state index in [1.54, 1.807) is 11.3 Å². The Morgan fingerprint density at radius 1 is 1.18 bits per heavy atom. The minimum absolute atomic E-state index is 0.0428. The lowest BCUT2D eigenvalue weighted by Crippen LogP contribution is -2.29. The van der Waals surface area contributed by atoms with Crippen LogP contribution in [0.5, 0.6) is 0 Å². The van der Waals surface area contributed by atoms with Crippen molar-refractivity contribution >= 4 is 32.9 Å². The number of rotatable bonds is 4. The number of benzene rings is 1. The molecule has 0 bridgehead atoms. The number of hydrogen-bond donors (Lipinski definition) is 1. The average molecular weight is 408 g/mol. The molecule has 142 valence electrons. The summed E-state index contributed by atoms with van der Waals surface area (Å²) in [6.45, 7) is 3.19. The quantitative estimate of drug-likeness (QED) is 0.478. The molecule has 0 saturated carbocycles. The monoisotopic (exact) mass is 407 g/mol. The van der Waals surface area contributed by atoms with E-state index in [-0.39, 0.29) is 11.6 Å². The molecule has 1 saturated heterocycles. The molecule has 1 fully saturated rings. The zero-order valence-corrected chi connectivity index (χ0v) is 17.2. The van der Waals surface area contributed by atoms with Crippen molar-refractivity contribution in [3.8, 4) is 11.1 Å². The van der Waals surface area contributed by atoms with E-state index in [9.17, 15) is 4.79 Å². The van der Waals surface area contributed by atoms with Gasteiger partial charge in [0.25, 0.3) is 5.56 Å². The molecule has 1 N–H and O–H groups in total. The number of aromatic amines is 1. The van der Waals surface area contributed by atoms with Crippen LogP contribution in [0.4, 0.5) is 0 Å². The lowest BCUT2D eigenvalue weighted by atomic mass is 10.1. The first-order chi connectivity index (χ1) is 13.7. The van der Waals surface area contributed by atoms with E-state index < -0.39 is 0 Å². The predicted octanol–water partition coefficient (Wildman–Crippen LogP) is 5.61. The molecule has 1 aliphatic heterocycles. The van der Waals surface area contributed by atoms with Crippen LogP contribution in [-0.4, -0.2) is 21.4 Å². The summed E-state index contributed by atoms with van der Waals surface area (Å²) in [5.41, 5.74) is 1.98. The largest absolute Gasteiger partial charge is 0.309 e. The third-order valence-corrected chi connectivity index (χ3v) is 7.45. The van der Waals surface area contributed by atoms with Gasteiger partial charge in [-0.1, -0.05) is 36.4 Å². The third-order valence-electron chi connectivity index (χ3n) is 5.61. The molecule has 0 aliphatic carbocycles. The van der Waals surface area contributed by atoms with E-state index in [4.69, 9.17) is 4.98 Å². The second-order valence-corrected chi connectivity index (χ2v) is 9.07. The topological polar surface area (TPSA) is 49.0 Å². The molecule has 1 aromatic carbocycles. The molecule has 1 aliphatic rings. The predicted molar refractivity (Wildman–Crippen MR) is 117 cm³/mol. The van der Waals surface area contributed by atoms with Crippen molar-refractivity contribution in [3.63, 3.8) is 0 Å². The maximum Gasteiger partial charge on any atom is 0.260 e. The zero-order valence-electron chi connectivity index (χ0n) is 15.6. The van der Waals surface area contributed by atoms with E-state index in [0.717, 1.165) is 34.7 Å². The van der Waals surface area contributed by atoms with E-state index >= 15 is 0 Å². The Morgan fingerprint density at radius 2 is 2.04 bits per heavy atom. The highest BCUT2D eigenvalue weighted by atomic mass is 32.1. The third kappa shape index (κ3) is 3.02. The lowest BCUT2D eigenvalue weighted by molar-refractivity contribution is 0.189. The van der Waals surface area contributed by atoms with Gasteiger partial charge in [-0.2, -0.15) is 0 Å². The number of likely N-dealkylation sites (tertiary alicyclic amines) is 1. The molecule has 6 heteroatoms. The van der Waals surface area contributed by atoms with Crippen LogP contribution in [0.3, 0.4) is 0 Å². The van der Waals surface area contributed by atoms with Gasteiger partial charge in [-0.25, -0.2) is 4.98 Å². The number of nitrogens with one attached hydrogen (secondary N) is 1. The second-order valence-electron chi connectivity index (χ2n) is 7.23. The van der Waals surface area contributed by atoms with Crippen LogP contribution in [-0.2, 0) is 0 Å². The van der Waals surface area contributed by atoms with Crippen molar-refractivity contribution < 1.29 is 0 Å². The van der Waals surface area contributed by atoms with Crippen molar-refractivity contribution in [1.82, 2.24) is 14.9 Å². The molecule has 4 nitrogen and oxygen atoms in total. The van der Waals surface area contributed by atoms with Gasteiger partial charge in [0.05, 0.1) is 11.4 Å². The van der Waals surface area contributed by atoms with Gasteiger partial charge in [-0.15, -0.1) is 22.7 Å². The molecule has 5 rings (SSSR count). The molecule has 0 amide bonds. The first kappa shape index (κ1) is 17.8. The normalized spacial score (nSPS) is 18.7. The number of hydrogen-bond acceptors (Lipinski definition) is 5. The zero-order chi connectivity index (χ0) is 19.1. The van der Waals surface area contributed by atoms with Gasteiger partial charge in [-0.3, -0.25) is 9.69 Å². The number of thiophene rings is 2. The van der Waals surface area contributed by atoms with Gasteiger partial charge >= 0.3 is 0 Å². The maximum atomic E-state index is 13.0. The summed E-state index contributed by atoms with van der Waals surface area (Å²) in [6, 6.07) is 14.9. The van der Waals surface area contributed by atoms with Gasteiger partial charge in [0.15, 0.2) is 0 Å². The number of fused-ring (bicyclic) bond motifs is 1. The molecule has 2 atom stereocenters. The Labute approximate surface area is 171 Å². The van der Waals surface area contributed by atoms with Crippen molar-refractivity contribution in [2.45, 2.75) is 31.8 Å². The molecule has 3 aromatic heterocycles. The fourth-order valence-electron chi connectivity index (χ4n) is 4.19. The lowest BCUT2D eigenvalue weighted by Gasteiger charge is -2.29. The standard InChI is InChI=1S/C22H21N3OS2/c1-14(25-11-5-9-17(25)18-10-6-12-27-18)20-23-21(26)19-16(13-28-22(19)24-20)15-7-3-2-4-8-15/h2-4,6-8,10,12-14,17H,5,9,11H2,1H3,(H,23,24,26)/t14-,17+/m0/s1. The van der Waals surface area contributed by atoms with Gasteiger partial charge in [0.1, 0.15) is 10.7 Å². The summed E-state index contributed by atoms with van der Waals surface area (Å²) >= 11 is 3.36. The SMILES string of the molecule is C[C@@H](c1nc2scc(-c3ccccc3)c2c(=O)[nH]1)N1CCC[C@@H]1c1cccs1. The van der Waals surface area contributed by atoms with E-state index in [1.165, 1.54) is 11.3 Å². The van der Waals surface area contributed by atoms with Gasteiger partial charge < -0.3 is 4.98 Å². The van der Waals surface area contributed by atoms with Crippen LogP contribution in [0.25, 0.3) is 21.3 Å². The Kier molecular flexibility index (Phi) is 4.62. The highest BCUT2D eigenvalue weighted by Crippen LogP contribution is 2.40. The van der Waals surface area contributed by atoms with Crippen LogP contribution in [0.2, 0.25) is 0 Å². The van der Waals surface area contributed by atoms with Crippen molar-refractivity contribution in [2.24, 2.45) is 0 Å². The van der Waals surface area contributed by atoms with Crippen LogP contribution in [0.1, 0.15) is 42.6 Å². The van der Waals surface area contributed by atoms with Gasteiger partial charge in [0, 0.05) is 21.9 Å². The Morgan fingerprint density at radius 3 is 2.82 bits per heavy atom. The molecule has 4 aromatic rings. The minimum Gasteiger partial charge on any atom is -0.309 e. The number of nitrogens with zero attached hydrogens (tertiary/aromatic N) is 2. The molecule has 28 heavy (non-hydrogen) atoms. The van der Waals surface area contributed by atoms with Gasteiger partial charge in [-0.05, 0) is 43.3 Å². The minimum atomic E-state index is -0.0428. The van der Waals surface area contributed by atoms with Crippen LogP contribution >= 0.6 is 22.7 Å². The molecule has 0 spiro atoms. The van der Waals surface area contributed by atoms with Crippen molar-refractivity contribution in [2.75, 3.05) is 6.54 Å². The highest BCUT2D eigenvalue weighted by Gasteiger charge is 2.32. The fourth-order valence-corrected chi connectivity index (χ4v) is 6.03. The summed E-state index contributed by atoms with van der Waals surface area (Å²) in [6.07, 6.45) is 2.34. The summed E-state index contributed by atoms with van der Waals surface area (Å²) in [5.74, 6) is 0.766. The van der Waals surface area contributed by atoms with Crippen LogP contribution < -0.4 is 5.56 Å². The smallest absolute Gasteiger partial charge is 0.260 e. The summed E-state index contributed by atoms with van der Waals surface area (Å²) in [5, 5.41) is 4.88. The number of aromatic nitrogens is 2. The summed E-state index contributed by atoms with van der Waals surface area (Å²) in [4.78, 5) is 25.6. The molecular formula is C22H21N3OS2. The van der Waals surface area contributed by atoms with Crippen LogP contribution in [0.15, 0.2) is 58.0 Å². The fraction of sp³-hybridized carbons (Fsp3) is 0.273. The number of H-pyrrole nitrogens is 1. The van der Waals surface area contributed by atoms with Crippen LogP contribution in [0, 0.1) is 0 Å². The first-order valence-electron chi connectivity index (χ1n) is 9.58. The molecule has 4 heterocycles. The van der Waals surface area contributed by atoms with E-state index in [0.29, 0.717) is 11.4 Å². The van der Waals surface area contributed by atoms with Crippen molar-refractivity contribution in [3.05, 3.63) is 74.3 Å². The van der Waals surface area contributed by atoms with E-state index in [2.05, 4.69) is 34.3 Å². The van der Waals surface area contributed by atoms with E-state index in [1.807, 2.05) is 47.0 Å². The second kappa shape index (κ2) is 7.28.